The lowest BCUT2D eigenvalue weighted by atomic mass is 10.1. The summed E-state index contributed by atoms with van der Waals surface area (Å²) in [6.07, 6.45) is 2.67. The van der Waals surface area contributed by atoms with Gasteiger partial charge in [-0.05, 0) is 37.2 Å². The van der Waals surface area contributed by atoms with Crippen molar-refractivity contribution in [2.24, 2.45) is 5.92 Å². The molecule has 1 atom stereocenters. The molecule has 1 fully saturated rings. The van der Waals surface area contributed by atoms with Gasteiger partial charge in [-0.1, -0.05) is 0 Å². The van der Waals surface area contributed by atoms with Crippen LogP contribution in [0.2, 0.25) is 0 Å². The highest BCUT2D eigenvalue weighted by Gasteiger charge is 2.22. The van der Waals surface area contributed by atoms with Crippen molar-refractivity contribution in [1.29, 1.82) is 0 Å². The Labute approximate surface area is 115 Å². The molecule has 0 spiro atoms. The van der Waals surface area contributed by atoms with Crippen molar-refractivity contribution >= 4 is 16.6 Å². The minimum atomic E-state index is -0.397. The first-order chi connectivity index (χ1) is 9.75. The summed E-state index contributed by atoms with van der Waals surface area (Å²) in [6, 6.07) is 6.78. The standard InChI is InChI=1S/C14H15N3O3/c18-17(19)14-11-2-1-6-16-12(11)3-4-13(14)20-9-10-5-7-15-8-10/h1-4,6,10,15H,5,7-9H2. The first-order valence-electron chi connectivity index (χ1n) is 6.61. The number of hydrogen-bond acceptors (Lipinski definition) is 5. The molecule has 0 saturated carbocycles. The minimum absolute atomic E-state index is 0.00144. The van der Waals surface area contributed by atoms with Crippen LogP contribution < -0.4 is 10.1 Å². The zero-order valence-electron chi connectivity index (χ0n) is 10.9. The Balaban J connectivity index is 1.92. The van der Waals surface area contributed by atoms with Crippen molar-refractivity contribution in [2.75, 3.05) is 19.7 Å². The largest absolute Gasteiger partial charge is 0.486 e. The van der Waals surface area contributed by atoms with Crippen molar-refractivity contribution in [3.05, 3.63) is 40.6 Å². The third-order valence-electron chi connectivity index (χ3n) is 3.54. The molecule has 1 N–H and O–H groups in total. The summed E-state index contributed by atoms with van der Waals surface area (Å²) < 4.78 is 5.68. The summed E-state index contributed by atoms with van der Waals surface area (Å²) in [7, 11) is 0. The Morgan fingerprint density at radius 2 is 2.35 bits per heavy atom. The first kappa shape index (κ1) is 12.8. The van der Waals surface area contributed by atoms with Crippen molar-refractivity contribution in [3.8, 4) is 5.75 Å². The molecule has 0 radical (unpaired) electrons. The average molecular weight is 273 g/mol. The SMILES string of the molecule is O=[N+]([O-])c1c(OCC2CCNC2)ccc2ncccc12. The number of nitrogens with zero attached hydrogens (tertiary/aromatic N) is 2. The van der Waals surface area contributed by atoms with Crippen molar-refractivity contribution in [3.63, 3.8) is 0 Å². The zero-order valence-corrected chi connectivity index (χ0v) is 10.9. The molecule has 104 valence electrons. The second-order valence-electron chi connectivity index (χ2n) is 4.91. The number of benzene rings is 1. The van der Waals surface area contributed by atoms with Crippen LogP contribution in [0, 0.1) is 16.0 Å². The average Bonchev–Trinajstić information content (AvgIpc) is 2.97. The van der Waals surface area contributed by atoms with Gasteiger partial charge in [0, 0.05) is 18.7 Å². The number of nitrogens with one attached hydrogen (secondary N) is 1. The molecule has 0 amide bonds. The molecule has 3 rings (SSSR count). The number of ether oxygens (including phenoxy) is 1. The topological polar surface area (TPSA) is 77.3 Å². The fourth-order valence-electron chi connectivity index (χ4n) is 2.49. The maximum atomic E-state index is 11.3. The number of pyridine rings is 1. The van der Waals surface area contributed by atoms with Gasteiger partial charge in [0.15, 0.2) is 5.75 Å². The summed E-state index contributed by atoms with van der Waals surface area (Å²) in [6.45, 7) is 2.39. The van der Waals surface area contributed by atoms with Crippen LogP contribution in [-0.4, -0.2) is 29.6 Å². The molecule has 0 bridgehead atoms. The van der Waals surface area contributed by atoms with Gasteiger partial charge in [0.25, 0.3) is 0 Å². The minimum Gasteiger partial charge on any atom is -0.486 e. The highest BCUT2D eigenvalue weighted by atomic mass is 16.6. The summed E-state index contributed by atoms with van der Waals surface area (Å²) in [5.74, 6) is 0.738. The smallest absolute Gasteiger partial charge is 0.320 e. The van der Waals surface area contributed by atoms with Gasteiger partial charge in [0.2, 0.25) is 0 Å². The van der Waals surface area contributed by atoms with E-state index in [1.54, 1.807) is 30.5 Å². The van der Waals surface area contributed by atoms with Gasteiger partial charge >= 0.3 is 5.69 Å². The van der Waals surface area contributed by atoms with Gasteiger partial charge in [-0.3, -0.25) is 15.1 Å². The number of hydrogen-bond donors (Lipinski definition) is 1. The van der Waals surface area contributed by atoms with Crippen LogP contribution in [0.5, 0.6) is 5.75 Å². The number of nitro groups is 1. The Hall–Kier alpha value is -2.21. The lowest BCUT2D eigenvalue weighted by Gasteiger charge is -2.11. The normalized spacial score (nSPS) is 18.3. The molecule has 1 unspecified atom stereocenters. The van der Waals surface area contributed by atoms with Gasteiger partial charge < -0.3 is 10.1 Å². The highest BCUT2D eigenvalue weighted by Crippen LogP contribution is 2.34. The molecule has 1 saturated heterocycles. The molecule has 2 heterocycles. The summed E-state index contributed by atoms with van der Waals surface area (Å²) >= 11 is 0. The van der Waals surface area contributed by atoms with Crippen LogP contribution >= 0.6 is 0 Å². The Morgan fingerprint density at radius 3 is 3.10 bits per heavy atom. The van der Waals surface area contributed by atoms with Crippen LogP contribution in [0.25, 0.3) is 10.9 Å². The second kappa shape index (κ2) is 5.42. The van der Waals surface area contributed by atoms with Crippen LogP contribution in [0.4, 0.5) is 5.69 Å². The van der Waals surface area contributed by atoms with Crippen molar-refractivity contribution < 1.29 is 9.66 Å². The van der Waals surface area contributed by atoms with E-state index in [0.29, 0.717) is 29.2 Å². The molecule has 6 heteroatoms. The monoisotopic (exact) mass is 273 g/mol. The van der Waals surface area contributed by atoms with Crippen LogP contribution in [0.15, 0.2) is 30.5 Å². The van der Waals surface area contributed by atoms with E-state index in [4.69, 9.17) is 4.74 Å². The van der Waals surface area contributed by atoms with E-state index >= 15 is 0 Å². The van der Waals surface area contributed by atoms with Crippen LogP contribution in [-0.2, 0) is 0 Å². The van der Waals surface area contributed by atoms with E-state index in [1.807, 2.05) is 0 Å². The van der Waals surface area contributed by atoms with Gasteiger partial charge in [-0.25, -0.2) is 0 Å². The van der Waals surface area contributed by atoms with Gasteiger partial charge in [-0.2, -0.15) is 0 Å². The van der Waals surface area contributed by atoms with Gasteiger partial charge in [0.05, 0.1) is 22.4 Å². The molecule has 2 aromatic rings. The predicted octanol–water partition coefficient (Wildman–Crippen LogP) is 2.13. The highest BCUT2D eigenvalue weighted by molar-refractivity contribution is 5.90. The number of rotatable bonds is 4. The van der Waals surface area contributed by atoms with E-state index < -0.39 is 4.92 Å². The number of fused-ring (bicyclic) bond motifs is 1. The molecule has 1 aromatic carbocycles. The van der Waals surface area contributed by atoms with E-state index in [-0.39, 0.29) is 5.69 Å². The lowest BCUT2D eigenvalue weighted by molar-refractivity contribution is -0.384. The van der Waals surface area contributed by atoms with Crippen molar-refractivity contribution in [1.82, 2.24) is 10.3 Å². The van der Waals surface area contributed by atoms with Crippen LogP contribution in [0.1, 0.15) is 6.42 Å². The second-order valence-corrected chi connectivity index (χ2v) is 4.91. The molecule has 1 aliphatic rings. The maximum Gasteiger partial charge on any atom is 0.320 e. The fraction of sp³-hybridized carbons (Fsp3) is 0.357. The molecule has 20 heavy (non-hydrogen) atoms. The molecular formula is C14H15N3O3. The molecular weight excluding hydrogens is 258 g/mol. The first-order valence-corrected chi connectivity index (χ1v) is 6.61. The van der Waals surface area contributed by atoms with Gasteiger partial charge in [0.1, 0.15) is 0 Å². The maximum absolute atomic E-state index is 11.3. The van der Waals surface area contributed by atoms with E-state index in [0.717, 1.165) is 19.5 Å². The summed E-state index contributed by atoms with van der Waals surface area (Å²) in [5.41, 5.74) is 0.607. The van der Waals surface area contributed by atoms with E-state index in [2.05, 4.69) is 10.3 Å². The zero-order chi connectivity index (χ0) is 13.9. The van der Waals surface area contributed by atoms with E-state index in [1.165, 1.54) is 0 Å². The van der Waals surface area contributed by atoms with E-state index in [9.17, 15) is 10.1 Å². The number of aromatic nitrogens is 1. The summed E-state index contributed by atoms with van der Waals surface area (Å²) in [4.78, 5) is 15.1. The predicted molar refractivity (Wildman–Crippen MR) is 74.9 cm³/mol. The molecule has 0 aliphatic carbocycles. The Morgan fingerprint density at radius 1 is 1.45 bits per heavy atom. The molecule has 1 aliphatic heterocycles. The number of nitro benzene ring substituents is 1. The third-order valence-corrected chi connectivity index (χ3v) is 3.54. The molecule has 1 aromatic heterocycles. The fourth-order valence-corrected chi connectivity index (χ4v) is 2.49. The van der Waals surface area contributed by atoms with Gasteiger partial charge in [-0.15, -0.1) is 0 Å². The van der Waals surface area contributed by atoms with Crippen molar-refractivity contribution in [2.45, 2.75) is 6.42 Å². The lowest BCUT2D eigenvalue weighted by Crippen LogP contribution is -2.16. The van der Waals surface area contributed by atoms with Crippen LogP contribution in [0.3, 0.4) is 0 Å². The quantitative estimate of drug-likeness (QED) is 0.682. The Bertz CT molecular complexity index is 639. The molecule has 6 nitrogen and oxygen atoms in total. The third kappa shape index (κ3) is 2.42. The Kier molecular flexibility index (Phi) is 3.47. The summed E-state index contributed by atoms with van der Waals surface area (Å²) in [5, 5.41) is 15.1.